The Bertz CT molecular complexity index is 1180. The van der Waals surface area contributed by atoms with Crippen molar-refractivity contribution in [3.63, 3.8) is 0 Å². The fraction of sp³-hybridized carbons (Fsp3) is 0.409. The van der Waals surface area contributed by atoms with Crippen molar-refractivity contribution in [1.29, 1.82) is 0 Å². The van der Waals surface area contributed by atoms with E-state index in [1.807, 2.05) is 4.90 Å². The highest BCUT2D eigenvalue weighted by molar-refractivity contribution is 5.99. The summed E-state index contributed by atoms with van der Waals surface area (Å²) < 4.78 is 42.7. The van der Waals surface area contributed by atoms with Crippen molar-refractivity contribution >= 4 is 28.5 Å². The van der Waals surface area contributed by atoms with Gasteiger partial charge in [0.25, 0.3) is 0 Å². The Kier molecular flexibility index (Phi) is 5.06. The van der Waals surface area contributed by atoms with Crippen molar-refractivity contribution in [2.75, 3.05) is 0 Å². The SMILES string of the molecule is NC1=NC=CN2C([C@H]3CC[C@H](C(=O)O)CC3)=NC(c3cc4cccc(OC(F)(F)F)c4[nH]3)C12. The smallest absolute Gasteiger partial charge is 0.481 e. The summed E-state index contributed by atoms with van der Waals surface area (Å²) in [6.07, 6.45) is 1.09. The molecular formula is C22H22F3N5O3. The van der Waals surface area contributed by atoms with Gasteiger partial charge in [0.2, 0.25) is 0 Å². The van der Waals surface area contributed by atoms with Crippen LogP contribution in [0.3, 0.4) is 0 Å². The Morgan fingerprint density at radius 1 is 1.24 bits per heavy atom. The predicted molar refractivity (Wildman–Crippen MR) is 115 cm³/mol. The highest BCUT2D eigenvalue weighted by Crippen LogP contribution is 2.41. The van der Waals surface area contributed by atoms with Gasteiger partial charge in [-0.3, -0.25) is 9.79 Å². The first-order valence-electron chi connectivity index (χ1n) is 10.7. The molecule has 1 aliphatic carbocycles. The Labute approximate surface area is 186 Å². The predicted octanol–water partition coefficient (Wildman–Crippen LogP) is 3.92. The van der Waals surface area contributed by atoms with Crippen LogP contribution in [0.1, 0.15) is 37.4 Å². The zero-order valence-electron chi connectivity index (χ0n) is 17.4. The summed E-state index contributed by atoms with van der Waals surface area (Å²) in [6, 6.07) is 5.28. The Balaban J connectivity index is 1.50. The number of carboxylic acids is 1. The average Bonchev–Trinajstić information content (AvgIpc) is 3.36. The van der Waals surface area contributed by atoms with Crippen LogP contribution in [0.2, 0.25) is 0 Å². The molecule has 1 aromatic heterocycles. The number of aliphatic carboxylic acids is 1. The molecule has 5 rings (SSSR count). The molecule has 8 nitrogen and oxygen atoms in total. The number of hydrogen-bond donors (Lipinski definition) is 3. The quantitative estimate of drug-likeness (QED) is 0.638. The minimum Gasteiger partial charge on any atom is -0.481 e. The van der Waals surface area contributed by atoms with Gasteiger partial charge in [-0.15, -0.1) is 13.2 Å². The summed E-state index contributed by atoms with van der Waals surface area (Å²) in [4.78, 5) is 25.5. The maximum atomic E-state index is 12.8. The molecule has 2 atom stereocenters. The molecule has 0 amide bonds. The number of benzene rings is 1. The number of amidine groups is 2. The molecule has 1 aromatic carbocycles. The van der Waals surface area contributed by atoms with Gasteiger partial charge in [0.15, 0.2) is 5.75 Å². The lowest BCUT2D eigenvalue weighted by molar-refractivity contribution is -0.274. The molecule has 3 heterocycles. The number of para-hydroxylation sites is 1. The summed E-state index contributed by atoms with van der Waals surface area (Å²) in [5.74, 6) is -0.222. The standard InChI is InChI=1S/C22H22F3N5O3/c23-22(24,25)33-15-3-1-2-13-10-14(28-16(13)15)17-18-19(26)27-8-9-30(18)20(29-17)11-4-6-12(7-5-11)21(31)32/h1-3,8-12,17-18,28H,4-7H2,(H2,26,27)(H,31,32)/t11-,12-,17?,18?. The van der Waals surface area contributed by atoms with Gasteiger partial charge in [0.1, 0.15) is 23.8 Å². The molecule has 0 bridgehead atoms. The van der Waals surface area contributed by atoms with Crippen LogP contribution < -0.4 is 10.5 Å². The monoisotopic (exact) mass is 461 g/mol. The van der Waals surface area contributed by atoms with Crippen LogP contribution in [0.15, 0.2) is 46.7 Å². The second kappa shape index (κ2) is 7.82. The van der Waals surface area contributed by atoms with Crippen molar-refractivity contribution in [2.24, 2.45) is 27.6 Å². The largest absolute Gasteiger partial charge is 0.573 e. The molecule has 4 N–H and O–H groups in total. The number of aliphatic imine (C=N–C) groups is 2. The first kappa shape index (κ1) is 21.4. The van der Waals surface area contributed by atoms with Gasteiger partial charge < -0.3 is 25.5 Å². The van der Waals surface area contributed by atoms with E-state index in [4.69, 9.17) is 10.7 Å². The number of alkyl halides is 3. The number of carbonyl (C=O) groups is 1. The summed E-state index contributed by atoms with van der Waals surface area (Å²) >= 11 is 0. The van der Waals surface area contributed by atoms with Gasteiger partial charge in [-0.2, -0.15) is 0 Å². The Hall–Kier alpha value is -3.50. The van der Waals surface area contributed by atoms with E-state index in [0.717, 1.165) is 5.84 Å². The number of nitrogens with one attached hydrogen (secondary N) is 1. The van der Waals surface area contributed by atoms with E-state index in [2.05, 4.69) is 14.7 Å². The maximum absolute atomic E-state index is 12.8. The molecule has 1 saturated carbocycles. The topological polar surface area (TPSA) is 116 Å². The van der Waals surface area contributed by atoms with Crippen molar-refractivity contribution in [2.45, 2.75) is 44.1 Å². The number of hydrogen-bond acceptors (Lipinski definition) is 6. The summed E-state index contributed by atoms with van der Waals surface area (Å²) in [5.41, 5.74) is 7.05. The van der Waals surface area contributed by atoms with Crippen LogP contribution in [0.5, 0.6) is 5.75 Å². The van der Waals surface area contributed by atoms with Gasteiger partial charge in [-0.1, -0.05) is 12.1 Å². The third-order valence-corrected chi connectivity index (χ3v) is 6.51. The number of nitrogens with zero attached hydrogens (tertiary/aromatic N) is 3. The van der Waals surface area contributed by atoms with E-state index in [0.29, 0.717) is 42.6 Å². The van der Waals surface area contributed by atoms with Crippen LogP contribution in [-0.4, -0.2) is 45.0 Å². The normalized spacial score (nSPS) is 27.3. The molecule has 2 unspecified atom stereocenters. The number of fused-ring (bicyclic) bond motifs is 2. The summed E-state index contributed by atoms with van der Waals surface area (Å²) in [5, 5.41) is 9.86. The van der Waals surface area contributed by atoms with Gasteiger partial charge in [-0.25, -0.2) is 4.99 Å². The minimum absolute atomic E-state index is 0.0668. The lowest BCUT2D eigenvalue weighted by atomic mass is 9.81. The van der Waals surface area contributed by atoms with Crippen molar-refractivity contribution < 1.29 is 27.8 Å². The second-order valence-electron chi connectivity index (χ2n) is 8.52. The van der Waals surface area contributed by atoms with Crippen molar-refractivity contribution in [3.8, 4) is 5.75 Å². The zero-order valence-corrected chi connectivity index (χ0v) is 17.4. The molecule has 174 valence electrons. The number of halogens is 3. The lowest BCUT2D eigenvalue weighted by Crippen LogP contribution is -2.47. The number of ether oxygens (including phenoxy) is 1. The average molecular weight is 461 g/mol. The van der Waals surface area contributed by atoms with Gasteiger partial charge in [0, 0.05) is 29.4 Å². The zero-order chi connectivity index (χ0) is 23.3. The van der Waals surface area contributed by atoms with Crippen molar-refractivity contribution in [1.82, 2.24) is 9.88 Å². The number of carboxylic acid groups (broad SMARTS) is 1. The number of rotatable bonds is 4. The molecular weight excluding hydrogens is 439 g/mol. The molecule has 33 heavy (non-hydrogen) atoms. The third-order valence-electron chi connectivity index (χ3n) is 6.51. The number of aromatic amines is 1. The summed E-state index contributed by atoms with van der Waals surface area (Å²) in [6.45, 7) is 0. The first-order chi connectivity index (χ1) is 15.7. The maximum Gasteiger partial charge on any atom is 0.573 e. The number of H-pyrrole nitrogens is 1. The number of aromatic nitrogens is 1. The second-order valence-corrected chi connectivity index (χ2v) is 8.52. The molecule has 1 fully saturated rings. The van der Waals surface area contributed by atoms with Crippen LogP contribution >= 0.6 is 0 Å². The Morgan fingerprint density at radius 2 is 2.00 bits per heavy atom. The molecule has 0 saturated heterocycles. The van der Waals surface area contributed by atoms with Gasteiger partial charge in [-0.05, 0) is 37.8 Å². The highest BCUT2D eigenvalue weighted by atomic mass is 19.4. The number of nitrogens with two attached hydrogens (primary N) is 1. The van der Waals surface area contributed by atoms with Crippen LogP contribution in [0, 0.1) is 11.8 Å². The van der Waals surface area contributed by atoms with Crippen molar-refractivity contribution in [3.05, 3.63) is 42.4 Å². The van der Waals surface area contributed by atoms with E-state index in [9.17, 15) is 23.1 Å². The van der Waals surface area contributed by atoms with Crippen LogP contribution in [0.4, 0.5) is 13.2 Å². The van der Waals surface area contributed by atoms with E-state index in [1.54, 1.807) is 24.5 Å². The fourth-order valence-corrected chi connectivity index (χ4v) is 4.99. The molecule has 2 aliphatic heterocycles. The lowest BCUT2D eigenvalue weighted by Gasteiger charge is -2.33. The molecule has 2 aromatic rings. The molecule has 11 heteroatoms. The minimum atomic E-state index is -4.81. The van der Waals surface area contributed by atoms with E-state index in [1.165, 1.54) is 12.1 Å². The Morgan fingerprint density at radius 3 is 2.70 bits per heavy atom. The van der Waals surface area contributed by atoms with Crippen LogP contribution in [-0.2, 0) is 4.79 Å². The first-order valence-corrected chi connectivity index (χ1v) is 10.7. The van der Waals surface area contributed by atoms with E-state index in [-0.39, 0.29) is 23.1 Å². The molecule has 0 radical (unpaired) electrons. The van der Waals surface area contributed by atoms with Crippen LogP contribution in [0.25, 0.3) is 10.9 Å². The van der Waals surface area contributed by atoms with E-state index < -0.39 is 24.4 Å². The molecule has 3 aliphatic rings. The third kappa shape index (κ3) is 3.91. The summed E-state index contributed by atoms with van der Waals surface area (Å²) in [7, 11) is 0. The molecule has 0 spiro atoms. The fourth-order valence-electron chi connectivity index (χ4n) is 4.99. The van der Waals surface area contributed by atoms with Gasteiger partial charge in [0.05, 0.1) is 11.4 Å². The van der Waals surface area contributed by atoms with E-state index >= 15 is 0 Å². The van der Waals surface area contributed by atoms with Gasteiger partial charge >= 0.3 is 12.3 Å². The highest BCUT2D eigenvalue weighted by Gasteiger charge is 2.44.